The number of nitrogens with zero attached hydrogens (tertiary/aromatic N) is 1. The highest BCUT2D eigenvalue weighted by atomic mass is 32.2. The second-order valence-corrected chi connectivity index (χ2v) is 8.48. The first kappa shape index (κ1) is 16.3. The smallest absolute Gasteiger partial charge is 0.264 e. The molecule has 0 fully saturated rings. The van der Waals surface area contributed by atoms with E-state index in [1.807, 2.05) is 6.07 Å². The lowest BCUT2D eigenvalue weighted by Gasteiger charge is -2.31. The summed E-state index contributed by atoms with van der Waals surface area (Å²) in [5.41, 5.74) is 2.49. The normalized spacial score (nSPS) is 20.0. The van der Waals surface area contributed by atoms with Gasteiger partial charge in [0.25, 0.3) is 10.1 Å². The Morgan fingerprint density at radius 2 is 1.87 bits per heavy atom. The molecule has 0 saturated carbocycles. The van der Waals surface area contributed by atoms with Crippen LogP contribution in [0.5, 0.6) is 0 Å². The zero-order chi connectivity index (χ0) is 16.8. The molecule has 1 aliphatic heterocycles. The second kappa shape index (κ2) is 5.49. The van der Waals surface area contributed by atoms with Gasteiger partial charge in [0.05, 0.1) is 5.75 Å². The summed E-state index contributed by atoms with van der Waals surface area (Å²) in [5, 5.41) is 2.49. The molecule has 0 amide bonds. The molecule has 0 aromatic heterocycles. The van der Waals surface area contributed by atoms with E-state index in [0.717, 1.165) is 0 Å². The Labute approximate surface area is 137 Å². The van der Waals surface area contributed by atoms with E-state index in [4.69, 9.17) is 4.55 Å². The summed E-state index contributed by atoms with van der Waals surface area (Å²) < 4.78 is 30.9. The standard InChI is InChI=1S/C18H23NO3S/c1-13-18(2,3)17-15-8-5-4-7-14(15)9-10-16(17)19(13)11-6-12-23(20,21)22/h4-5,7-10,13H,6,11-12H2,1-3H3,(H,20,21,22). The van der Waals surface area contributed by atoms with Gasteiger partial charge in [-0.1, -0.05) is 44.2 Å². The molecule has 0 spiro atoms. The maximum absolute atomic E-state index is 11.0. The van der Waals surface area contributed by atoms with Gasteiger partial charge in [0, 0.05) is 23.7 Å². The molecule has 0 aliphatic carbocycles. The molecular formula is C18H23NO3S. The van der Waals surface area contributed by atoms with Crippen molar-refractivity contribution in [3.05, 3.63) is 42.0 Å². The Morgan fingerprint density at radius 1 is 1.17 bits per heavy atom. The van der Waals surface area contributed by atoms with Crippen molar-refractivity contribution in [2.75, 3.05) is 17.2 Å². The van der Waals surface area contributed by atoms with Crippen LogP contribution in [-0.2, 0) is 15.5 Å². The molecule has 1 aliphatic rings. The van der Waals surface area contributed by atoms with Gasteiger partial charge in [-0.3, -0.25) is 4.55 Å². The molecule has 124 valence electrons. The van der Waals surface area contributed by atoms with E-state index in [0.29, 0.717) is 13.0 Å². The molecule has 1 atom stereocenters. The van der Waals surface area contributed by atoms with Crippen LogP contribution in [0.25, 0.3) is 10.8 Å². The van der Waals surface area contributed by atoms with E-state index in [-0.39, 0.29) is 17.2 Å². The van der Waals surface area contributed by atoms with E-state index in [2.05, 4.69) is 56.0 Å². The fourth-order valence-electron chi connectivity index (χ4n) is 3.72. The molecule has 2 aromatic carbocycles. The topological polar surface area (TPSA) is 57.6 Å². The van der Waals surface area contributed by atoms with E-state index < -0.39 is 10.1 Å². The minimum absolute atomic E-state index is 0.0196. The maximum atomic E-state index is 11.0. The van der Waals surface area contributed by atoms with Crippen molar-refractivity contribution < 1.29 is 13.0 Å². The largest absolute Gasteiger partial charge is 0.368 e. The summed E-state index contributed by atoms with van der Waals surface area (Å²) in [4.78, 5) is 2.27. The summed E-state index contributed by atoms with van der Waals surface area (Å²) in [5.74, 6) is -0.195. The highest BCUT2D eigenvalue weighted by molar-refractivity contribution is 7.85. The van der Waals surface area contributed by atoms with Crippen LogP contribution in [0.3, 0.4) is 0 Å². The van der Waals surface area contributed by atoms with Crippen molar-refractivity contribution >= 4 is 26.6 Å². The van der Waals surface area contributed by atoms with Gasteiger partial charge in [0.1, 0.15) is 0 Å². The monoisotopic (exact) mass is 333 g/mol. The van der Waals surface area contributed by atoms with Gasteiger partial charge in [0.15, 0.2) is 0 Å². The van der Waals surface area contributed by atoms with E-state index >= 15 is 0 Å². The first-order valence-electron chi connectivity index (χ1n) is 7.96. The molecule has 0 bridgehead atoms. The van der Waals surface area contributed by atoms with Crippen LogP contribution < -0.4 is 4.90 Å². The van der Waals surface area contributed by atoms with Crippen LogP contribution in [0.2, 0.25) is 0 Å². The average molecular weight is 333 g/mol. The Hall–Kier alpha value is -1.59. The van der Waals surface area contributed by atoms with Crippen LogP contribution in [0.15, 0.2) is 36.4 Å². The molecular weight excluding hydrogens is 310 g/mol. The summed E-state index contributed by atoms with van der Waals surface area (Å²) in [7, 11) is -3.90. The fraction of sp³-hybridized carbons (Fsp3) is 0.444. The van der Waals surface area contributed by atoms with Crippen molar-refractivity contribution in [3.8, 4) is 0 Å². The van der Waals surface area contributed by atoms with Crippen molar-refractivity contribution in [1.82, 2.24) is 0 Å². The van der Waals surface area contributed by atoms with Gasteiger partial charge in [0.2, 0.25) is 0 Å². The molecule has 1 heterocycles. The third-order valence-electron chi connectivity index (χ3n) is 5.17. The predicted molar refractivity (Wildman–Crippen MR) is 94.8 cm³/mol. The van der Waals surface area contributed by atoms with Gasteiger partial charge in [-0.05, 0) is 35.7 Å². The van der Waals surface area contributed by atoms with Crippen LogP contribution in [0.1, 0.15) is 32.8 Å². The lowest BCUT2D eigenvalue weighted by atomic mass is 9.79. The average Bonchev–Trinajstić information content (AvgIpc) is 2.67. The summed E-state index contributed by atoms with van der Waals surface area (Å²) in [6.45, 7) is 7.29. The van der Waals surface area contributed by atoms with E-state index in [1.165, 1.54) is 22.0 Å². The summed E-state index contributed by atoms with van der Waals surface area (Å²) in [6.07, 6.45) is 0.422. The zero-order valence-electron chi connectivity index (χ0n) is 13.8. The third-order valence-corrected chi connectivity index (χ3v) is 5.98. The van der Waals surface area contributed by atoms with Crippen molar-refractivity contribution in [2.45, 2.75) is 38.6 Å². The molecule has 1 N–H and O–H groups in total. The Kier molecular flexibility index (Phi) is 3.89. The highest BCUT2D eigenvalue weighted by Gasteiger charge is 2.42. The number of rotatable bonds is 4. The molecule has 0 radical (unpaired) electrons. The van der Waals surface area contributed by atoms with E-state index in [1.54, 1.807) is 0 Å². The minimum atomic E-state index is -3.90. The fourth-order valence-corrected chi connectivity index (χ4v) is 4.21. The van der Waals surface area contributed by atoms with Crippen LogP contribution >= 0.6 is 0 Å². The Balaban J connectivity index is 2.01. The van der Waals surface area contributed by atoms with Crippen LogP contribution in [-0.4, -0.2) is 31.3 Å². The SMILES string of the molecule is CC1N(CCCS(=O)(=O)O)c2ccc3ccccc3c2C1(C)C. The van der Waals surface area contributed by atoms with E-state index in [9.17, 15) is 8.42 Å². The number of hydrogen-bond acceptors (Lipinski definition) is 3. The number of hydrogen-bond donors (Lipinski definition) is 1. The number of benzene rings is 2. The minimum Gasteiger partial charge on any atom is -0.368 e. The lowest BCUT2D eigenvalue weighted by Crippen LogP contribution is -2.39. The molecule has 4 nitrogen and oxygen atoms in total. The molecule has 2 aromatic rings. The lowest BCUT2D eigenvalue weighted by molar-refractivity contribution is 0.441. The van der Waals surface area contributed by atoms with Gasteiger partial charge in [-0.2, -0.15) is 8.42 Å². The summed E-state index contributed by atoms with van der Waals surface area (Å²) >= 11 is 0. The maximum Gasteiger partial charge on any atom is 0.264 e. The Morgan fingerprint density at radius 3 is 2.57 bits per heavy atom. The quantitative estimate of drug-likeness (QED) is 0.869. The van der Waals surface area contributed by atoms with Crippen molar-refractivity contribution in [1.29, 1.82) is 0 Å². The molecule has 0 saturated heterocycles. The first-order valence-corrected chi connectivity index (χ1v) is 9.57. The molecule has 23 heavy (non-hydrogen) atoms. The summed E-state index contributed by atoms with van der Waals surface area (Å²) in [6, 6.07) is 12.9. The van der Waals surface area contributed by atoms with Gasteiger partial charge in [-0.15, -0.1) is 0 Å². The van der Waals surface area contributed by atoms with Gasteiger partial charge in [-0.25, -0.2) is 0 Å². The van der Waals surface area contributed by atoms with Crippen molar-refractivity contribution in [3.63, 3.8) is 0 Å². The van der Waals surface area contributed by atoms with Crippen LogP contribution in [0, 0.1) is 0 Å². The number of fused-ring (bicyclic) bond motifs is 3. The molecule has 5 heteroatoms. The van der Waals surface area contributed by atoms with Crippen molar-refractivity contribution in [2.24, 2.45) is 0 Å². The Bertz CT molecular complexity index is 842. The first-order chi connectivity index (χ1) is 10.7. The zero-order valence-corrected chi connectivity index (χ0v) is 14.6. The second-order valence-electron chi connectivity index (χ2n) is 6.91. The van der Waals surface area contributed by atoms with Crippen LogP contribution in [0.4, 0.5) is 5.69 Å². The molecule has 1 unspecified atom stereocenters. The van der Waals surface area contributed by atoms with Gasteiger partial charge >= 0.3 is 0 Å². The number of anilines is 1. The molecule has 3 rings (SSSR count). The predicted octanol–water partition coefficient (Wildman–Crippen LogP) is 3.60. The third kappa shape index (κ3) is 2.83. The highest BCUT2D eigenvalue weighted by Crippen LogP contribution is 2.48. The van der Waals surface area contributed by atoms with Gasteiger partial charge < -0.3 is 4.90 Å².